The van der Waals surface area contributed by atoms with Crippen molar-refractivity contribution in [3.63, 3.8) is 0 Å². The molecule has 22 heavy (non-hydrogen) atoms. The minimum absolute atomic E-state index is 0.164. The van der Waals surface area contributed by atoms with Crippen molar-refractivity contribution in [2.75, 3.05) is 13.1 Å². The molecule has 0 N–H and O–H groups in total. The molecule has 0 aliphatic carbocycles. The number of piperidine rings is 1. The molecule has 116 valence electrons. The number of nitrogens with zero attached hydrogens (tertiary/aromatic N) is 3. The van der Waals surface area contributed by atoms with Crippen molar-refractivity contribution in [3.8, 4) is 0 Å². The van der Waals surface area contributed by atoms with Gasteiger partial charge in [-0.25, -0.2) is 4.98 Å². The van der Waals surface area contributed by atoms with Crippen molar-refractivity contribution in [3.05, 3.63) is 53.6 Å². The number of aromatic nitrogens is 2. The van der Waals surface area contributed by atoms with E-state index in [-0.39, 0.29) is 5.91 Å². The van der Waals surface area contributed by atoms with Gasteiger partial charge in [-0.2, -0.15) is 0 Å². The third kappa shape index (κ3) is 3.21. The van der Waals surface area contributed by atoms with Gasteiger partial charge in [-0.05, 0) is 43.4 Å². The molecule has 1 saturated heterocycles. The molecule has 4 heteroatoms. The first-order chi connectivity index (χ1) is 10.6. The molecule has 1 amide bonds. The molecular weight excluding hydrogens is 274 g/mol. The predicted octanol–water partition coefficient (Wildman–Crippen LogP) is 3.11. The van der Waals surface area contributed by atoms with Crippen LogP contribution in [0.15, 0.2) is 36.7 Å². The van der Waals surface area contributed by atoms with Crippen LogP contribution in [0.1, 0.15) is 41.5 Å². The maximum absolute atomic E-state index is 12.5. The summed E-state index contributed by atoms with van der Waals surface area (Å²) < 4.78 is 2.10. The van der Waals surface area contributed by atoms with Crippen LogP contribution in [0.5, 0.6) is 0 Å². The van der Waals surface area contributed by atoms with Gasteiger partial charge in [-0.3, -0.25) is 4.79 Å². The van der Waals surface area contributed by atoms with Crippen molar-refractivity contribution < 1.29 is 4.79 Å². The van der Waals surface area contributed by atoms with E-state index in [1.165, 1.54) is 12.0 Å². The van der Waals surface area contributed by atoms with Gasteiger partial charge in [0.2, 0.25) is 0 Å². The maximum atomic E-state index is 12.5. The second-order valence-electron chi connectivity index (χ2n) is 6.30. The Kier molecular flexibility index (Phi) is 4.27. The van der Waals surface area contributed by atoms with Crippen LogP contribution in [0.3, 0.4) is 0 Å². The Hall–Kier alpha value is -2.10. The lowest BCUT2D eigenvalue weighted by Gasteiger charge is -2.31. The largest absolute Gasteiger partial charge is 0.338 e. The number of benzene rings is 1. The summed E-state index contributed by atoms with van der Waals surface area (Å²) in [6.45, 7) is 6.78. The predicted molar refractivity (Wildman–Crippen MR) is 86.8 cm³/mol. The lowest BCUT2D eigenvalue weighted by atomic mass is 9.99. The summed E-state index contributed by atoms with van der Waals surface area (Å²) in [5.74, 6) is 1.78. The number of hydrogen-bond acceptors (Lipinski definition) is 2. The molecule has 1 unspecified atom stereocenters. The standard InChI is InChI=1S/C18H23N3O/c1-14-4-3-10-21(12-14)18(22)17-7-5-16(6-8-17)13-20-11-9-19-15(20)2/h5-9,11,14H,3-4,10,12-13H2,1-2H3. The first-order valence-electron chi connectivity index (χ1n) is 7.99. The number of carbonyl (C=O) groups is 1. The first kappa shape index (κ1) is 14.8. The van der Waals surface area contributed by atoms with Gasteiger partial charge in [0.15, 0.2) is 0 Å². The third-order valence-electron chi connectivity index (χ3n) is 4.42. The van der Waals surface area contributed by atoms with Crippen LogP contribution in [0, 0.1) is 12.8 Å². The van der Waals surface area contributed by atoms with Crippen LogP contribution in [0.2, 0.25) is 0 Å². The van der Waals surface area contributed by atoms with Gasteiger partial charge in [0.1, 0.15) is 5.82 Å². The Balaban J connectivity index is 1.68. The highest BCUT2D eigenvalue weighted by atomic mass is 16.2. The Morgan fingerprint density at radius 3 is 2.73 bits per heavy atom. The Morgan fingerprint density at radius 1 is 1.32 bits per heavy atom. The molecule has 1 fully saturated rings. The van der Waals surface area contributed by atoms with E-state index in [9.17, 15) is 4.79 Å². The molecule has 1 aromatic carbocycles. The van der Waals surface area contributed by atoms with Crippen molar-refractivity contribution in [1.82, 2.24) is 14.5 Å². The van der Waals surface area contributed by atoms with Gasteiger partial charge in [0, 0.05) is 37.6 Å². The summed E-state index contributed by atoms with van der Waals surface area (Å²) in [7, 11) is 0. The minimum Gasteiger partial charge on any atom is -0.338 e. The van der Waals surface area contributed by atoms with E-state index in [1.54, 1.807) is 0 Å². The van der Waals surface area contributed by atoms with Crippen LogP contribution in [0.4, 0.5) is 0 Å². The average molecular weight is 297 g/mol. The Morgan fingerprint density at radius 2 is 2.09 bits per heavy atom. The molecular formula is C18H23N3O. The molecule has 1 aromatic heterocycles. The van der Waals surface area contributed by atoms with Crippen LogP contribution in [-0.4, -0.2) is 33.4 Å². The van der Waals surface area contributed by atoms with Crippen molar-refractivity contribution in [2.45, 2.75) is 33.2 Å². The summed E-state index contributed by atoms with van der Waals surface area (Å²) >= 11 is 0. The molecule has 0 saturated carbocycles. The lowest BCUT2D eigenvalue weighted by molar-refractivity contribution is 0.0683. The Labute approximate surface area is 131 Å². The van der Waals surface area contributed by atoms with Crippen LogP contribution in [0.25, 0.3) is 0 Å². The molecule has 3 rings (SSSR count). The zero-order valence-electron chi connectivity index (χ0n) is 13.3. The zero-order chi connectivity index (χ0) is 15.5. The fraction of sp³-hybridized carbons (Fsp3) is 0.444. The maximum Gasteiger partial charge on any atom is 0.253 e. The van der Waals surface area contributed by atoms with Gasteiger partial charge in [-0.1, -0.05) is 19.1 Å². The highest BCUT2D eigenvalue weighted by Crippen LogP contribution is 2.18. The normalized spacial score (nSPS) is 18.5. The average Bonchev–Trinajstić information content (AvgIpc) is 2.92. The van der Waals surface area contributed by atoms with Crippen molar-refractivity contribution >= 4 is 5.91 Å². The molecule has 0 spiro atoms. The summed E-state index contributed by atoms with van der Waals surface area (Å²) in [6.07, 6.45) is 6.13. The fourth-order valence-electron chi connectivity index (χ4n) is 3.08. The van der Waals surface area contributed by atoms with Gasteiger partial charge < -0.3 is 9.47 Å². The molecule has 4 nitrogen and oxygen atoms in total. The molecule has 1 aliphatic rings. The molecule has 0 radical (unpaired) electrons. The van der Waals surface area contributed by atoms with E-state index in [4.69, 9.17) is 0 Å². The number of likely N-dealkylation sites (tertiary alicyclic amines) is 1. The Bertz CT molecular complexity index is 645. The van der Waals surface area contributed by atoms with E-state index < -0.39 is 0 Å². The first-order valence-corrected chi connectivity index (χ1v) is 7.99. The summed E-state index contributed by atoms with van der Waals surface area (Å²) in [5.41, 5.74) is 1.98. The number of aryl methyl sites for hydroxylation is 1. The van der Waals surface area contributed by atoms with E-state index in [2.05, 4.69) is 16.5 Å². The van der Waals surface area contributed by atoms with Gasteiger partial charge >= 0.3 is 0 Å². The van der Waals surface area contributed by atoms with Crippen LogP contribution >= 0.6 is 0 Å². The third-order valence-corrected chi connectivity index (χ3v) is 4.42. The monoisotopic (exact) mass is 297 g/mol. The summed E-state index contributed by atoms with van der Waals surface area (Å²) in [6, 6.07) is 7.98. The van der Waals surface area contributed by atoms with Crippen LogP contribution in [-0.2, 0) is 6.54 Å². The van der Waals surface area contributed by atoms with E-state index in [0.29, 0.717) is 5.92 Å². The zero-order valence-corrected chi connectivity index (χ0v) is 13.3. The van der Waals surface area contributed by atoms with E-state index >= 15 is 0 Å². The van der Waals surface area contributed by atoms with Crippen molar-refractivity contribution in [2.24, 2.45) is 5.92 Å². The van der Waals surface area contributed by atoms with Crippen LogP contribution < -0.4 is 0 Å². The molecule has 0 bridgehead atoms. The lowest BCUT2D eigenvalue weighted by Crippen LogP contribution is -2.39. The topological polar surface area (TPSA) is 38.1 Å². The SMILES string of the molecule is Cc1nccn1Cc1ccc(C(=O)N2CCCC(C)C2)cc1. The molecule has 2 aromatic rings. The van der Waals surface area contributed by atoms with E-state index in [1.807, 2.05) is 48.5 Å². The number of amides is 1. The quantitative estimate of drug-likeness (QED) is 0.873. The summed E-state index contributed by atoms with van der Waals surface area (Å²) in [5, 5.41) is 0. The highest BCUT2D eigenvalue weighted by Gasteiger charge is 2.21. The minimum atomic E-state index is 0.164. The number of imidazole rings is 1. The summed E-state index contributed by atoms with van der Waals surface area (Å²) in [4.78, 5) is 18.8. The van der Waals surface area contributed by atoms with Crippen molar-refractivity contribution in [1.29, 1.82) is 0 Å². The molecule has 1 atom stereocenters. The van der Waals surface area contributed by atoms with Gasteiger partial charge in [0.25, 0.3) is 5.91 Å². The second-order valence-corrected chi connectivity index (χ2v) is 6.30. The smallest absolute Gasteiger partial charge is 0.253 e. The number of carbonyl (C=O) groups excluding carboxylic acids is 1. The fourth-order valence-corrected chi connectivity index (χ4v) is 3.08. The number of hydrogen-bond donors (Lipinski definition) is 0. The molecule has 1 aliphatic heterocycles. The van der Waals surface area contributed by atoms with E-state index in [0.717, 1.165) is 37.4 Å². The second kappa shape index (κ2) is 6.34. The number of rotatable bonds is 3. The highest BCUT2D eigenvalue weighted by molar-refractivity contribution is 5.94. The van der Waals surface area contributed by atoms with Gasteiger partial charge in [-0.15, -0.1) is 0 Å². The van der Waals surface area contributed by atoms with Gasteiger partial charge in [0.05, 0.1) is 0 Å². The molecule has 2 heterocycles.